The van der Waals surface area contributed by atoms with Crippen LogP contribution in [0.25, 0.3) is 10.1 Å². The van der Waals surface area contributed by atoms with Crippen LogP contribution in [0.2, 0.25) is 0 Å². The van der Waals surface area contributed by atoms with Crippen molar-refractivity contribution in [2.75, 3.05) is 21.3 Å². The fourth-order valence-electron chi connectivity index (χ4n) is 1.74. The minimum atomic E-state index is -0.570. The number of fused-ring (bicyclic) bond motifs is 1. The van der Waals surface area contributed by atoms with Crippen molar-refractivity contribution in [3.8, 4) is 5.75 Å². The molecule has 0 aliphatic rings. The fourth-order valence-corrected chi connectivity index (χ4v) is 2.83. The van der Waals surface area contributed by atoms with Gasteiger partial charge in [-0.1, -0.05) is 0 Å². The van der Waals surface area contributed by atoms with Crippen LogP contribution in [0.4, 0.5) is 0 Å². The lowest BCUT2D eigenvalue weighted by Gasteiger charge is -2.02. The molecule has 0 aliphatic heterocycles. The van der Waals surface area contributed by atoms with Crippen LogP contribution in [0, 0.1) is 0 Å². The van der Waals surface area contributed by atoms with E-state index >= 15 is 0 Å². The van der Waals surface area contributed by atoms with Gasteiger partial charge in [-0.15, -0.1) is 11.3 Å². The molecular weight excluding hydrogens is 268 g/mol. The van der Waals surface area contributed by atoms with E-state index in [9.17, 15) is 9.59 Å². The maximum absolute atomic E-state index is 11.9. The molecule has 0 saturated carbocycles. The first kappa shape index (κ1) is 13.4. The van der Waals surface area contributed by atoms with Crippen LogP contribution in [0.15, 0.2) is 18.2 Å². The number of hydrogen-bond acceptors (Lipinski definition) is 6. The maximum atomic E-state index is 11.9. The third-order valence-electron chi connectivity index (χ3n) is 2.66. The quantitative estimate of drug-likeness (QED) is 0.808. The van der Waals surface area contributed by atoms with E-state index in [2.05, 4.69) is 0 Å². The lowest BCUT2D eigenvalue weighted by molar-refractivity contribution is 0.0561. The molecule has 5 nitrogen and oxygen atoms in total. The zero-order valence-corrected chi connectivity index (χ0v) is 11.5. The van der Waals surface area contributed by atoms with Gasteiger partial charge in [-0.2, -0.15) is 0 Å². The first-order valence-electron chi connectivity index (χ1n) is 5.39. The SMILES string of the molecule is COC(=O)c1sc2ccc(OC)cc2c1C(=O)OC. The zero-order chi connectivity index (χ0) is 14.0. The van der Waals surface area contributed by atoms with Gasteiger partial charge in [0.05, 0.1) is 26.9 Å². The van der Waals surface area contributed by atoms with Crippen LogP contribution in [0.3, 0.4) is 0 Å². The second-order valence-electron chi connectivity index (χ2n) is 3.65. The number of esters is 2. The fraction of sp³-hybridized carbons (Fsp3) is 0.231. The molecule has 2 aromatic rings. The summed E-state index contributed by atoms with van der Waals surface area (Å²) < 4.78 is 15.3. The number of carbonyl (C=O) groups is 2. The normalized spacial score (nSPS) is 10.3. The lowest BCUT2D eigenvalue weighted by atomic mass is 10.1. The Labute approximate surface area is 113 Å². The van der Waals surface area contributed by atoms with Crippen molar-refractivity contribution in [1.29, 1.82) is 0 Å². The lowest BCUT2D eigenvalue weighted by Crippen LogP contribution is -2.08. The molecule has 0 spiro atoms. The minimum absolute atomic E-state index is 0.216. The van der Waals surface area contributed by atoms with Gasteiger partial charge in [0.25, 0.3) is 0 Å². The predicted molar refractivity (Wildman–Crippen MR) is 71.1 cm³/mol. The summed E-state index contributed by atoms with van der Waals surface area (Å²) in [5.74, 6) is -0.521. The van der Waals surface area contributed by atoms with Crippen LogP contribution in [0.1, 0.15) is 20.0 Å². The molecular formula is C13H12O5S. The Morgan fingerprint density at radius 2 is 1.74 bits per heavy atom. The Morgan fingerprint density at radius 1 is 1.05 bits per heavy atom. The van der Waals surface area contributed by atoms with E-state index in [1.54, 1.807) is 18.2 Å². The van der Waals surface area contributed by atoms with Crippen molar-refractivity contribution < 1.29 is 23.8 Å². The second-order valence-corrected chi connectivity index (χ2v) is 4.70. The summed E-state index contributed by atoms with van der Waals surface area (Å²) in [5.41, 5.74) is 0.216. The number of hydrogen-bond donors (Lipinski definition) is 0. The molecule has 0 unspecified atom stereocenters. The van der Waals surface area contributed by atoms with Gasteiger partial charge in [0, 0.05) is 10.1 Å². The standard InChI is InChI=1S/C13H12O5S/c1-16-7-4-5-9-8(6-7)10(12(14)17-2)11(19-9)13(15)18-3/h4-6H,1-3H3. The Bertz CT molecular complexity index is 644. The van der Waals surface area contributed by atoms with Gasteiger partial charge in [0.1, 0.15) is 10.6 Å². The molecule has 1 aromatic carbocycles. The van der Waals surface area contributed by atoms with E-state index < -0.39 is 11.9 Å². The summed E-state index contributed by atoms with van der Waals surface area (Å²) in [6.07, 6.45) is 0. The number of benzene rings is 1. The summed E-state index contributed by atoms with van der Waals surface area (Å²) in [6, 6.07) is 5.25. The van der Waals surface area contributed by atoms with Crippen LogP contribution in [-0.2, 0) is 9.47 Å². The van der Waals surface area contributed by atoms with Crippen LogP contribution < -0.4 is 4.74 Å². The monoisotopic (exact) mass is 280 g/mol. The van der Waals surface area contributed by atoms with E-state index in [0.717, 1.165) is 4.70 Å². The highest BCUT2D eigenvalue weighted by atomic mass is 32.1. The Kier molecular flexibility index (Phi) is 3.71. The molecule has 1 aromatic heterocycles. The van der Waals surface area contributed by atoms with Crippen molar-refractivity contribution in [3.63, 3.8) is 0 Å². The summed E-state index contributed by atoms with van der Waals surface area (Å²) in [4.78, 5) is 23.8. The first-order valence-corrected chi connectivity index (χ1v) is 6.21. The van der Waals surface area contributed by atoms with Crippen LogP contribution in [-0.4, -0.2) is 33.3 Å². The van der Waals surface area contributed by atoms with Crippen LogP contribution in [0.5, 0.6) is 5.75 Å². The van der Waals surface area contributed by atoms with E-state index in [1.807, 2.05) is 0 Å². The average Bonchev–Trinajstić information content (AvgIpc) is 2.83. The molecule has 0 fully saturated rings. The summed E-state index contributed by atoms with van der Waals surface area (Å²) in [5, 5.41) is 0.622. The Hall–Kier alpha value is -2.08. The zero-order valence-electron chi connectivity index (χ0n) is 10.7. The minimum Gasteiger partial charge on any atom is -0.497 e. The van der Waals surface area contributed by atoms with E-state index in [-0.39, 0.29) is 10.4 Å². The van der Waals surface area contributed by atoms with Gasteiger partial charge in [0.2, 0.25) is 0 Å². The molecule has 0 amide bonds. The van der Waals surface area contributed by atoms with Crippen molar-refractivity contribution in [2.24, 2.45) is 0 Å². The van der Waals surface area contributed by atoms with Gasteiger partial charge >= 0.3 is 11.9 Å². The molecule has 0 N–H and O–H groups in total. The molecule has 0 atom stereocenters. The van der Waals surface area contributed by atoms with Crippen molar-refractivity contribution >= 4 is 33.4 Å². The molecule has 100 valence electrons. The summed E-state index contributed by atoms with van der Waals surface area (Å²) >= 11 is 1.19. The summed E-state index contributed by atoms with van der Waals surface area (Å²) in [7, 11) is 4.08. The van der Waals surface area contributed by atoms with Gasteiger partial charge in [-0.3, -0.25) is 0 Å². The third-order valence-corrected chi connectivity index (χ3v) is 3.81. The molecule has 2 rings (SSSR count). The van der Waals surface area contributed by atoms with Gasteiger partial charge in [0.15, 0.2) is 0 Å². The van der Waals surface area contributed by atoms with E-state index in [0.29, 0.717) is 11.1 Å². The van der Waals surface area contributed by atoms with Crippen molar-refractivity contribution in [3.05, 3.63) is 28.6 Å². The number of rotatable bonds is 3. The highest BCUT2D eigenvalue weighted by Gasteiger charge is 2.25. The first-order chi connectivity index (χ1) is 9.12. The average molecular weight is 280 g/mol. The van der Waals surface area contributed by atoms with E-state index in [1.165, 1.54) is 32.7 Å². The number of ether oxygens (including phenoxy) is 3. The third kappa shape index (κ3) is 2.26. The number of thiophene rings is 1. The molecule has 0 aliphatic carbocycles. The Morgan fingerprint density at radius 3 is 2.32 bits per heavy atom. The molecule has 0 radical (unpaired) electrons. The van der Waals surface area contributed by atoms with Gasteiger partial charge in [-0.05, 0) is 18.2 Å². The van der Waals surface area contributed by atoms with E-state index in [4.69, 9.17) is 14.2 Å². The topological polar surface area (TPSA) is 61.8 Å². The summed E-state index contributed by atoms with van der Waals surface area (Å²) in [6.45, 7) is 0. The largest absolute Gasteiger partial charge is 0.497 e. The number of carbonyl (C=O) groups excluding carboxylic acids is 2. The smallest absolute Gasteiger partial charge is 0.348 e. The highest BCUT2D eigenvalue weighted by Crippen LogP contribution is 2.34. The maximum Gasteiger partial charge on any atom is 0.348 e. The molecule has 0 saturated heterocycles. The molecule has 6 heteroatoms. The van der Waals surface area contributed by atoms with Crippen molar-refractivity contribution in [1.82, 2.24) is 0 Å². The van der Waals surface area contributed by atoms with Gasteiger partial charge < -0.3 is 14.2 Å². The van der Waals surface area contributed by atoms with Gasteiger partial charge in [-0.25, -0.2) is 9.59 Å². The molecule has 1 heterocycles. The Balaban J connectivity index is 2.74. The molecule has 19 heavy (non-hydrogen) atoms. The van der Waals surface area contributed by atoms with Crippen LogP contribution >= 0.6 is 11.3 Å². The highest BCUT2D eigenvalue weighted by molar-refractivity contribution is 7.21. The number of methoxy groups -OCH3 is 3. The molecule has 0 bridgehead atoms. The van der Waals surface area contributed by atoms with Crippen molar-refractivity contribution in [2.45, 2.75) is 0 Å². The second kappa shape index (κ2) is 5.27. The predicted octanol–water partition coefficient (Wildman–Crippen LogP) is 2.48.